The fourth-order valence-corrected chi connectivity index (χ4v) is 2.99. The van der Waals surface area contributed by atoms with Crippen LogP contribution in [0, 0.1) is 6.92 Å². The van der Waals surface area contributed by atoms with E-state index in [1.54, 1.807) is 18.4 Å². The molecule has 0 atom stereocenters. The molecule has 3 aromatic rings. The predicted octanol–water partition coefficient (Wildman–Crippen LogP) is 3.20. The molecule has 26 heavy (non-hydrogen) atoms. The number of aromatic amines is 1. The van der Waals surface area contributed by atoms with Crippen molar-refractivity contribution in [1.82, 2.24) is 15.2 Å². The number of carbonyl (C=O) groups is 2. The maximum Gasteiger partial charge on any atom is 0.311 e. The van der Waals surface area contributed by atoms with Gasteiger partial charge in [-0.05, 0) is 19.9 Å². The molecule has 0 bridgehead atoms. The number of ether oxygens (including phenoxy) is 1. The van der Waals surface area contributed by atoms with Crippen molar-refractivity contribution in [2.45, 2.75) is 20.3 Å². The second-order valence-electron chi connectivity index (χ2n) is 5.61. The normalized spacial score (nSPS) is 10.5. The van der Waals surface area contributed by atoms with Crippen molar-refractivity contribution < 1.29 is 14.3 Å². The van der Waals surface area contributed by atoms with E-state index in [1.807, 2.05) is 31.2 Å². The van der Waals surface area contributed by atoms with Gasteiger partial charge in [0.25, 0.3) is 5.91 Å². The maximum atomic E-state index is 12.3. The van der Waals surface area contributed by atoms with Gasteiger partial charge in [0.1, 0.15) is 5.69 Å². The minimum absolute atomic E-state index is 0.0852. The molecule has 0 radical (unpaired) electrons. The summed E-state index contributed by atoms with van der Waals surface area (Å²) in [7, 11) is 0. The summed E-state index contributed by atoms with van der Waals surface area (Å²) in [6.45, 7) is 4.09. The number of rotatable bonds is 6. The Morgan fingerprint density at radius 3 is 2.77 bits per heavy atom. The lowest BCUT2D eigenvalue weighted by molar-refractivity contribution is -0.142. The second kappa shape index (κ2) is 7.92. The van der Waals surface area contributed by atoms with Gasteiger partial charge in [-0.15, -0.1) is 11.3 Å². The zero-order chi connectivity index (χ0) is 18.5. The lowest BCUT2D eigenvalue weighted by Crippen LogP contribution is -2.12. The van der Waals surface area contributed by atoms with Crippen molar-refractivity contribution in [3.05, 3.63) is 52.7 Å². The Hall–Kier alpha value is -3.00. The lowest BCUT2D eigenvalue weighted by Gasteiger charge is -1.99. The summed E-state index contributed by atoms with van der Waals surface area (Å²) in [6, 6.07) is 9.58. The van der Waals surface area contributed by atoms with Crippen LogP contribution >= 0.6 is 11.3 Å². The van der Waals surface area contributed by atoms with E-state index in [1.165, 1.54) is 11.3 Å². The first-order chi connectivity index (χ1) is 12.5. The summed E-state index contributed by atoms with van der Waals surface area (Å²) in [5.74, 6) is -0.681. The molecule has 1 aromatic carbocycles. The van der Waals surface area contributed by atoms with Crippen molar-refractivity contribution in [3.63, 3.8) is 0 Å². The molecular weight excluding hydrogens is 352 g/mol. The summed E-state index contributed by atoms with van der Waals surface area (Å²) in [4.78, 5) is 28.0. The highest BCUT2D eigenvalue weighted by atomic mass is 32.1. The van der Waals surface area contributed by atoms with E-state index < -0.39 is 0 Å². The van der Waals surface area contributed by atoms with Gasteiger partial charge in [0.2, 0.25) is 0 Å². The van der Waals surface area contributed by atoms with Gasteiger partial charge in [-0.3, -0.25) is 20.0 Å². The fraction of sp³-hybridized carbons (Fsp3) is 0.222. The number of thiazole rings is 1. The number of nitrogens with one attached hydrogen (secondary N) is 2. The Morgan fingerprint density at radius 1 is 1.27 bits per heavy atom. The van der Waals surface area contributed by atoms with Gasteiger partial charge < -0.3 is 4.74 Å². The number of H-pyrrole nitrogens is 1. The molecule has 0 aliphatic rings. The Bertz CT molecular complexity index is 915. The number of amides is 1. The molecule has 0 unspecified atom stereocenters. The molecule has 134 valence electrons. The Kier molecular flexibility index (Phi) is 5.43. The van der Waals surface area contributed by atoms with Gasteiger partial charge in [-0.25, -0.2) is 4.98 Å². The maximum absolute atomic E-state index is 12.3. The highest BCUT2D eigenvalue weighted by molar-refractivity contribution is 7.14. The predicted molar refractivity (Wildman–Crippen MR) is 99.2 cm³/mol. The quantitative estimate of drug-likeness (QED) is 0.650. The first kappa shape index (κ1) is 17.8. The average molecular weight is 370 g/mol. The fourth-order valence-electron chi connectivity index (χ4n) is 2.28. The van der Waals surface area contributed by atoms with Crippen LogP contribution in [0.2, 0.25) is 0 Å². The number of anilines is 1. The molecule has 0 aliphatic carbocycles. The van der Waals surface area contributed by atoms with Crippen molar-refractivity contribution in [2.75, 3.05) is 11.9 Å². The molecule has 0 spiro atoms. The van der Waals surface area contributed by atoms with Gasteiger partial charge in [-0.2, -0.15) is 5.10 Å². The van der Waals surface area contributed by atoms with Gasteiger partial charge in [0.05, 0.1) is 24.4 Å². The van der Waals surface area contributed by atoms with Crippen molar-refractivity contribution in [3.8, 4) is 11.3 Å². The molecule has 2 aromatic heterocycles. The van der Waals surface area contributed by atoms with E-state index in [9.17, 15) is 9.59 Å². The van der Waals surface area contributed by atoms with E-state index in [2.05, 4.69) is 20.5 Å². The molecule has 0 saturated carbocycles. The summed E-state index contributed by atoms with van der Waals surface area (Å²) in [6.07, 6.45) is 0.0852. The smallest absolute Gasteiger partial charge is 0.311 e. The highest BCUT2D eigenvalue weighted by Gasteiger charge is 2.14. The van der Waals surface area contributed by atoms with E-state index in [-0.39, 0.29) is 18.3 Å². The van der Waals surface area contributed by atoms with Crippen molar-refractivity contribution in [1.29, 1.82) is 0 Å². The monoisotopic (exact) mass is 370 g/mol. The third-order valence-electron chi connectivity index (χ3n) is 3.57. The number of aromatic nitrogens is 3. The Balaban J connectivity index is 1.64. The SMILES string of the molecule is CCOC(=O)Cc1csc(NC(=O)c2cc(-c3ccc(C)cc3)n[nH]2)n1. The van der Waals surface area contributed by atoms with Crippen LogP contribution in [0.1, 0.15) is 28.7 Å². The van der Waals surface area contributed by atoms with Crippen LogP contribution in [0.4, 0.5) is 5.13 Å². The molecule has 0 saturated heterocycles. The average Bonchev–Trinajstić information content (AvgIpc) is 3.25. The molecule has 2 N–H and O–H groups in total. The number of carbonyl (C=O) groups excluding carboxylic acids is 2. The molecule has 7 nitrogen and oxygen atoms in total. The lowest BCUT2D eigenvalue weighted by atomic mass is 10.1. The number of aryl methyl sites for hydroxylation is 1. The zero-order valence-corrected chi connectivity index (χ0v) is 15.2. The zero-order valence-electron chi connectivity index (χ0n) is 14.4. The van der Waals surface area contributed by atoms with Crippen molar-refractivity contribution in [2.24, 2.45) is 0 Å². The number of hydrogen-bond acceptors (Lipinski definition) is 6. The number of esters is 1. The van der Waals surface area contributed by atoms with Gasteiger partial charge in [0, 0.05) is 10.9 Å². The van der Waals surface area contributed by atoms with E-state index in [4.69, 9.17) is 4.74 Å². The minimum atomic E-state index is -0.341. The number of hydrogen-bond donors (Lipinski definition) is 2. The second-order valence-corrected chi connectivity index (χ2v) is 6.47. The standard InChI is InChI=1S/C18H18N4O3S/c1-3-25-16(23)8-13-10-26-18(19-13)20-17(24)15-9-14(21-22-15)12-6-4-11(2)5-7-12/h4-7,9-10H,3,8H2,1-2H3,(H,21,22)(H,19,20,24). The molecule has 2 heterocycles. The van der Waals surface area contributed by atoms with Crippen LogP contribution in [0.15, 0.2) is 35.7 Å². The third kappa shape index (κ3) is 4.34. The van der Waals surface area contributed by atoms with Gasteiger partial charge in [0.15, 0.2) is 5.13 Å². The summed E-state index contributed by atoms with van der Waals surface area (Å²) >= 11 is 1.25. The largest absolute Gasteiger partial charge is 0.466 e. The van der Waals surface area contributed by atoms with Crippen LogP contribution in [0.3, 0.4) is 0 Å². The molecule has 0 fully saturated rings. The van der Waals surface area contributed by atoms with Crippen LogP contribution in [0.25, 0.3) is 11.3 Å². The topological polar surface area (TPSA) is 97.0 Å². The molecular formula is C18H18N4O3S. The van der Waals surface area contributed by atoms with E-state index in [0.717, 1.165) is 11.1 Å². The first-order valence-corrected chi connectivity index (χ1v) is 8.97. The van der Waals surface area contributed by atoms with Crippen LogP contribution in [-0.2, 0) is 16.0 Å². The number of benzene rings is 1. The van der Waals surface area contributed by atoms with Crippen molar-refractivity contribution >= 4 is 28.3 Å². The van der Waals surface area contributed by atoms with Gasteiger partial charge in [-0.1, -0.05) is 29.8 Å². The minimum Gasteiger partial charge on any atom is -0.466 e. The van der Waals surface area contributed by atoms with Crippen LogP contribution < -0.4 is 5.32 Å². The third-order valence-corrected chi connectivity index (χ3v) is 4.38. The highest BCUT2D eigenvalue weighted by Crippen LogP contribution is 2.20. The van der Waals surface area contributed by atoms with E-state index >= 15 is 0 Å². The summed E-state index contributed by atoms with van der Waals surface area (Å²) in [5.41, 5.74) is 3.68. The summed E-state index contributed by atoms with van der Waals surface area (Å²) in [5, 5.41) is 11.8. The number of nitrogens with zero attached hydrogens (tertiary/aromatic N) is 2. The van der Waals surface area contributed by atoms with Crippen LogP contribution in [-0.4, -0.2) is 33.7 Å². The van der Waals surface area contributed by atoms with Crippen LogP contribution in [0.5, 0.6) is 0 Å². The molecule has 3 rings (SSSR count). The summed E-state index contributed by atoms with van der Waals surface area (Å²) < 4.78 is 4.88. The first-order valence-electron chi connectivity index (χ1n) is 8.09. The molecule has 0 aliphatic heterocycles. The Labute approximate surface area is 154 Å². The van der Waals surface area contributed by atoms with Gasteiger partial charge >= 0.3 is 5.97 Å². The van der Waals surface area contributed by atoms with E-state index in [0.29, 0.717) is 28.8 Å². The molecule has 8 heteroatoms. The Morgan fingerprint density at radius 2 is 2.04 bits per heavy atom. The molecule has 1 amide bonds.